The number of rotatable bonds is 8. The van der Waals surface area contributed by atoms with Crippen molar-refractivity contribution < 1.29 is 0 Å². The topological polar surface area (TPSA) is 74.8 Å². The normalized spacial score (nSPS) is 18.3. The van der Waals surface area contributed by atoms with Crippen molar-refractivity contribution in [1.82, 2.24) is 15.0 Å². The molecule has 2 aliphatic carbocycles. The molecule has 0 unspecified atom stereocenters. The van der Waals surface area contributed by atoms with E-state index in [0.717, 1.165) is 5.75 Å². The molecule has 0 atom stereocenters. The minimum Gasteiger partial charge on any atom is -0.351 e. The molecule has 4 rings (SSSR count). The first-order chi connectivity index (χ1) is 14.3. The van der Waals surface area contributed by atoms with Gasteiger partial charge >= 0.3 is 0 Å². The highest BCUT2D eigenvalue weighted by Crippen LogP contribution is 2.24. The number of hydrogen-bond donors (Lipinski definition) is 3. The molecular weight excluding hydrogens is 380 g/mol. The summed E-state index contributed by atoms with van der Waals surface area (Å²) < 4.78 is 3.32. The monoisotopic (exact) mass is 412 g/mol. The Morgan fingerprint density at radius 2 is 1.21 bits per heavy atom. The summed E-state index contributed by atoms with van der Waals surface area (Å²) in [5.74, 6) is 2.86. The SMILES string of the molecule is c1ccc(CSNc2nc(NC3CCCCC3)nc(NC3CCCCC3)n2)cc1. The molecule has 0 bridgehead atoms. The maximum atomic E-state index is 4.69. The molecule has 7 heteroatoms. The van der Waals surface area contributed by atoms with Gasteiger partial charge in [-0.25, -0.2) is 0 Å². The van der Waals surface area contributed by atoms with E-state index < -0.39 is 0 Å². The van der Waals surface area contributed by atoms with E-state index in [0.29, 0.717) is 29.9 Å². The van der Waals surface area contributed by atoms with Crippen LogP contribution in [0.2, 0.25) is 0 Å². The Hall–Kier alpha value is -2.02. The molecule has 2 fully saturated rings. The van der Waals surface area contributed by atoms with Gasteiger partial charge in [-0.15, -0.1) is 0 Å². The van der Waals surface area contributed by atoms with Gasteiger partial charge in [0.25, 0.3) is 0 Å². The van der Waals surface area contributed by atoms with Gasteiger partial charge in [-0.05, 0) is 43.2 Å². The Bertz CT molecular complexity index is 706. The van der Waals surface area contributed by atoms with Crippen molar-refractivity contribution in [3.63, 3.8) is 0 Å². The van der Waals surface area contributed by atoms with Crippen molar-refractivity contribution in [2.75, 3.05) is 15.4 Å². The first kappa shape index (κ1) is 20.3. The lowest BCUT2D eigenvalue weighted by molar-refractivity contribution is 0.458. The summed E-state index contributed by atoms with van der Waals surface area (Å²) >= 11 is 1.61. The quantitative estimate of drug-likeness (QED) is 0.486. The van der Waals surface area contributed by atoms with Gasteiger partial charge in [-0.2, -0.15) is 15.0 Å². The molecule has 156 valence electrons. The van der Waals surface area contributed by atoms with E-state index in [-0.39, 0.29) is 0 Å². The average Bonchev–Trinajstić information content (AvgIpc) is 2.76. The predicted molar refractivity (Wildman–Crippen MR) is 122 cm³/mol. The molecule has 2 aliphatic rings. The number of hydrogen-bond acceptors (Lipinski definition) is 7. The second-order valence-electron chi connectivity index (χ2n) is 8.14. The van der Waals surface area contributed by atoms with Crippen LogP contribution in [0.3, 0.4) is 0 Å². The minimum atomic E-state index is 0.471. The van der Waals surface area contributed by atoms with Crippen LogP contribution >= 0.6 is 11.9 Å². The molecular formula is C22H32N6S. The molecule has 29 heavy (non-hydrogen) atoms. The van der Waals surface area contributed by atoms with Crippen molar-refractivity contribution in [3.05, 3.63) is 35.9 Å². The third-order valence-corrected chi connectivity index (χ3v) is 6.56. The second kappa shape index (κ2) is 10.7. The molecule has 0 spiro atoms. The molecule has 0 amide bonds. The van der Waals surface area contributed by atoms with Crippen LogP contribution in [-0.2, 0) is 5.75 Å². The lowest BCUT2D eigenvalue weighted by atomic mass is 9.96. The molecule has 6 nitrogen and oxygen atoms in total. The van der Waals surface area contributed by atoms with E-state index in [2.05, 4.69) is 49.6 Å². The number of aromatic nitrogens is 3. The zero-order valence-corrected chi connectivity index (χ0v) is 17.9. The van der Waals surface area contributed by atoms with Gasteiger partial charge in [0.1, 0.15) is 0 Å². The summed E-state index contributed by atoms with van der Waals surface area (Å²) in [6.07, 6.45) is 12.6. The van der Waals surface area contributed by atoms with Gasteiger partial charge in [0, 0.05) is 17.8 Å². The van der Waals surface area contributed by atoms with Crippen LogP contribution in [-0.4, -0.2) is 27.0 Å². The van der Waals surface area contributed by atoms with Crippen LogP contribution in [0.4, 0.5) is 17.8 Å². The van der Waals surface area contributed by atoms with E-state index in [9.17, 15) is 0 Å². The van der Waals surface area contributed by atoms with Gasteiger partial charge in [0.05, 0.1) is 0 Å². The fourth-order valence-corrected chi connectivity index (χ4v) is 4.82. The minimum absolute atomic E-state index is 0.471. The number of anilines is 3. The van der Waals surface area contributed by atoms with Crippen LogP contribution in [0.15, 0.2) is 30.3 Å². The predicted octanol–water partition coefficient (Wildman–Crippen LogP) is 5.62. The van der Waals surface area contributed by atoms with Crippen molar-refractivity contribution in [3.8, 4) is 0 Å². The van der Waals surface area contributed by atoms with E-state index in [1.165, 1.54) is 69.8 Å². The third kappa shape index (κ3) is 6.49. The Kier molecular flexibility index (Phi) is 7.45. The van der Waals surface area contributed by atoms with Crippen LogP contribution in [0.1, 0.15) is 69.8 Å². The van der Waals surface area contributed by atoms with Gasteiger partial charge < -0.3 is 10.6 Å². The lowest BCUT2D eigenvalue weighted by Crippen LogP contribution is -2.26. The fourth-order valence-electron chi connectivity index (χ4n) is 4.17. The third-order valence-electron chi connectivity index (χ3n) is 5.76. The summed E-state index contributed by atoms with van der Waals surface area (Å²) in [7, 11) is 0. The standard InChI is InChI=1S/C22H32N6S/c1-4-10-17(11-5-1)16-29-28-22-26-20(23-18-12-6-2-7-13-18)25-21(27-22)24-19-14-8-3-9-15-19/h1,4-5,10-11,18-19H,2-3,6-9,12-16H2,(H3,23,24,25,26,27,28). The van der Waals surface area contributed by atoms with Gasteiger partial charge in [0.2, 0.25) is 17.8 Å². The second-order valence-corrected chi connectivity index (χ2v) is 8.92. The van der Waals surface area contributed by atoms with Gasteiger partial charge in [0.15, 0.2) is 0 Å². The van der Waals surface area contributed by atoms with E-state index in [1.807, 2.05) is 6.07 Å². The van der Waals surface area contributed by atoms with Crippen LogP contribution in [0.25, 0.3) is 0 Å². The molecule has 0 radical (unpaired) electrons. The maximum absolute atomic E-state index is 4.69. The first-order valence-corrected chi connectivity index (χ1v) is 12.0. The molecule has 1 aromatic carbocycles. The zero-order chi connectivity index (χ0) is 19.7. The number of benzene rings is 1. The molecule has 3 N–H and O–H groups in total. The van der Waals surface area contributed by atoms with E-state index in [4.69, 9.17) is 4.98 Å². The summed E-state index contributed by atoms with van der Waals surface area (Å²) in [6, 6.07) is 11.4. The van der Waals surface area contributed by atoms with Gasteiger partial charge in [-0.1, -0.05) is 68.9 Å². The number of nitrogens with zero attached hydrogens (tertiary/aromatic N) is 3. The Morgan fingerprint density at radius 1 is 0.690 bits per heavy atom. The highest BCUT2D eigenvalue weighted by molar-refractivity contribution is 7.99. The summed E-state index contributed by atoms with van der Waals surface area (Å²) in [5, 5.41) is 7.11. The molecule has 1 aromatic heterocycles. The zero-order valence-electron chi connectivity index (χ0n) is 17.1. The smallest absolute Gasteiger partial charge is 0.239 e. The van der Waals surface area contributed by atoms with Crippen LogP contribution in [0.5, 0.6) is 0 Å². The summed E-state index contributed by atoms with van der Waals surface area (Å²) in [5.41, 5.74) is 1.28. The average molecular weight is 413 g/mol. The van der Waals surface area contributed by atoms with Gasteiger partial charge in [-0.3, -0.25) is 4.72 Å². The maximum Gasteiger partial charge on any atom is 0.239 e. The summed E-state index contributed by atoms with van der Waals surface area (Å²) in [4.78, 5) is 14.0. The first-order valence-electron chi connectivity index (χ1n) is 11.1. The molecule has 2 aromatic rings. The van der Waals surface area contributed by atoms with Crippen molar-refractivity contribution in [2.45, 2.75) is 82.0 Å². The van der Waals surface area contributed by atoms with Crippen molar-refractivity contribution >= 4 is 29.8 Å². The van der Waals surface area contributed by atoms with Crippen LogP contribution < -0.4 is 15.4 Å². The van der Waals surface area contributed by atoms with Crippen LogP contribution in [0, 0.1) is 0 Å². The number of nitrogens with one attached hydrogen (secondary N) is 3. The van der Waals surface area contributed by atoms with Crippen molar-refractivity contribution in [1.29, 1.82) is 0 Å². The van der Waals surface area contributed by atoms with E-state index in [1.54, 1.807) is 11.9 Å². The fraction of sp³-hybridized carbons (Fsp3) is 0.591. The van der Waals surface area contributed by atoms with Crippen molar-refractivity contribution in [2.24, 2.45) is 0 Å². The molecule has 0 aliphatic heterocycles. The molecule has 1 heterocycles. The Morgan fingerprint density at radius 3 is 1.76 bits per heavy atom. The highest BCUT2D eigenvalue weighted by atomic mass is 32.2. The molecule has 0 saturated heterocycles. The largest absolute Gasteiger partial charge is 0.351 e. The highest BCUT2D eigenvalue weighted by Gasteiger charge is 2.18. The lowest BCUT2D eigenvalue weighted by Gasteiger charge is -2.24. The Balaban J connectivity index is 1.42. The van der Waals surface area contributed by atoms with E-state index >= 15 is 0 Å². The Labute approximate surface area is 178 Å². The summed E-state index contributed by atoms with van der Waals surface area (Å²) in [6.45, 7) is 0. The molecule has 2 saturated carbocycles.